The number of aromatic amines is 1. The third-order valence-corrected chi connectivity index (χ3v) is 2.92. The minimum atomic E-state index is 0.378. The van der Waals surface area contributed by atoms with Crippen LogP contribution in [0, 0.1) is 25.5 Å². The van der Waals surface area contributed by atoms with Crippen LogP contribution in [0.1, 0.15) is 16.8 Å². The maximum absolute atomic E-state index is 4.96. The molecule has 1 aromatic heterocycles. The van der Waals surface area contributed by atoms with Gasteiger partial charge in [-0.15, -0.1) is 0 Å². The average Bonchev–Trinajstić information content (AvgIpc) is 2.30. The highest BCUT2D eigenvalue weighted by Crippen LogP contribution is 2.22. The van der Waals surface area contributed by atoms with Crippen LogP contribution in [-0.4, -0.2) is 15.2 Å². The molecule has 0 fully saturated rings. The molecule has 1 aromatic carbocycles. The molecule has 0 saturated heterocycles. The second-order valence-electron chi connectivity index (χ2n) is 3.95. The van der Waals surface area contributed by atoms with E-state index in [0.29, 0.717) is 10.6 Å². The normalized spacial score (nSPS) is 10.3. The van der Waals surface area contributed by atoms with E-state index in [9.17, 15) is 0 Å². The fourth-order valence-electron chi connectivity index (χ4n) is 1.52. The van der Waals surface area contributed by atoms with Crippen LogP contribution in [-0.2, 0) is 0 Å². The van der Waals surface area contributed by atoms with Gasteiger partial charge in [-0.25, -0.2) is 0 Å². The second kappa shape index (κ2) is 4.63. The fraction of sp³-hybridized carbons (Fsp3) is 0.250. The first kappa shape index (κ1) is 11.7. The first-order valence-corrected chi connectivity index (χ1v) is 5.75. The van der Waals surface area contributed by atoms with Crippen molar-refractivity contribution in [3.8, 4) is 0 Å². The highest BCUT2D eigenvalue weighted by Gasteiger charge is 2.05. The number of nitrogens with one attached hydrogen (secondary N) is 2. The number of H-pyrrole nitrogens is 1. The van der Waals surface area contributed by atoms with E-state index in [2.05, 4.69) is 40.4 Å². The van der Waals surface area contributed by atoms with Gasteiger partial charge in [-0.1, -0.05) is 12.1 Å². The Labute approximate surface area is 105 Å². The SMILES string of the molecule is Cc1cccc(Nc2nc(=S)[nH]nc2C)c1C. The van der Waals surface area contributed by atoms with Crippen molar-refractivity contribution in [3.05, 3.63) is 39.8 Å². The van der Waals surface area contributed by atoms with Crippen molar-refractivity contribution in [1.82, 2.24) is 15.2 Å². The summed E-state index contributed by atoms with van der Waals surface area (Å²) < 4.78 is 0.378. The molecule has 88 valence electrons. The molecular weight excluding hydrogens is 232 g/mol. The molecule has 5 heteroatoms. The van der Waals surface area contributed by atoms with Gasteiger partial charge in [-0.2, -0.15) is 10.1 Å². The van der Waals surface area contributed by atoms with Gasteiger partial charge in [0.2, 0.25) is 4.77 Å². The number of aromatic nitrogens is 3. The number of rotatable bonds is 2. The lowest BCUT2D eigenvalue weighted by Gasteiger charge is -2.11. The zero-order chi connectivity index (χ0) is 12.4. The van der Waals surface area contributed by atoms with E-state index in [4.69, 9.17) is 12.2 Å². The van der Waals surface area contributed by atoms with Gasteiger partial charge in [-0.05, 0) is 50.2 Å². The van der Waals surface area contributed by atoms with Crippen molar-refractivity contribution >= 4 is 23.7 Å². The summed E-state index contributed by atoms with van der Waals surface area (Å²) in [5.74, 6) is 0.697. The van der Waals surface area contributed by atoms with Crippen LogP contribution in [0.15, 0.2) is 18.2 Å². The topological polar surface area (TPSA) is 53.6 Å². The predicted octanol–water partition coefficient (Wildman–Crippen LogP) is 3.20. The molecule has 0 amide bonds. The van der Waals surface area contributed by atoms with E-state index >= 15 is 0 Å². The van der Waals surface area contributed by atoms with Crippen molar-refractivity contribution in [1.29, 1.82) is 0 Å². The third-order valence-electron chi connectivity index (χ3n) is 2.73. The second-order valence-corrected chi connectivity index (χ2v) is 4.33. The van der Waals surface area contributed by atoms with E-state index in [0.717, 1.165) is 11.4 Å². The molecule has 1 heterocycles. The molecule has 0 unspecified atom stereocenters. The lowest BCUT2D eigenvalue weighted by atomic mass is 10.1. The molecule has 0 saturated carbocycles. The van der Waals surface area contributed by atoms with Gasteiger partial charge < -0.3 is 5.32 Å². The van der Waals surface area contributed by atoms with E-state index in [1.54, 1.807) is 0 Å². The van der Waals surface area contributed by atoms with Crippen LogP contribution in [0.25, 0.3) is 0 Å². The fourth-order valence-corrected chi connectivity index (χ4v) is 1.66. The van der Waals surface area contributed by atoms with Crippen LogP contribution >= 0.6 is 12.2 Å². The molecule has 0 aliphatic rings. The lowest BCUT2D eigenvalue weighted by molar-refractivity contribution is 0.913. The molecule has 0 aliphatic heterocycles. The Morgan fingerprint density at radius 3 is 2.76 bits per heavy atom. The number of anilines is 2. The minimum absolute atomic E-state index is 0.378. The summed E-state index contributed by atoms with van der Waals surface area (Å²) >= 11 is 4.96. The van der Waals surface area contributed by atoms with Crippen molar-refractivity contribution < 1.29 is 0 Å². The summed E-state index contributed by atoms with van der Waals surface area (Å²) in [6.45, 7) is 6.03. The number of aryl methyl sites for hydroxylation is 2. The summed E-state index contributed by atoms with van der Waals surface area (Å²) in [6, 6.07) is 6.11. The molecule has 0 radical (unpaired) electrons. The Morgan fingerprint density at radius 2 is 2.00 bits per heavy atom. The maximum Gasteiger partial charge on any atom is 0.215 e. The molecule has 17 heavy (non-hydrogen) atoms. The summed E-state index contributed by atoms with van der Waals surface area (Å²) in [5.41, 5.74) is 4.26. The standard InChI is InChI=1S/C12H14N4S/c1-7-5-4-6-10(8(7)2)13-11-9(3)15-16-12(17)14-11/h4-6H,1-3H3,(H2,13,14,16,17). The zero-order valence-electron chi connectivity index (χ0n) is 10.0. The van der Waals surface area contributed by atoms with Gasteiger partial charge in [0.05, 0.1) is 0 Å². The summed E-state index contributed by atoms with van der Waals surface area (Å²) in [6.07, 6.45) is 0. The maximum atomic E-state index is 4.96. The third kappa shape index (κ3) is 2.50. The first-order valence-electron chi connectivity index (χ1n) is 5.34. The average molecular weight is 246 g/mol. The van der Waals surface area contributed by atoms with Gasteiger partial charge >= 0.3 is 0 Å². The Kier molecular flexibility index (Phi) is 3.19. The number of hydrogen-bond donors (Lipinski definition) is 2. The molecule has 4 nitrogen and oxygen atoms in total. The highest BCUT2D eigenvalue weighted by molar-refractivity contribution is 7.71. The Morgan fingerprint density at radius 1 is 1.24 bits per heavy atom. The van der Waals surface area contributed by atoms with Crippen LogP contribution in [0.2, 0.25) is 0 Å². The molecule has 2 N–H and O–H groups in total. The smallest absolute Gasteiger partial charge is 0.215 e. The van der Waals surface area contributed by atoms with E-state index in [1.165, 1.54) is 11.1 Å². The molecule has 0 atom stereocenters. The van der Waals surface area contributed by atoms with Gasteiger partial charge in [-0.3, -0.25) is 5.10 Å². The predicted molar refractivity (Wildman–Crippen MR) is 71.2 cm³/mol. The van der Waals surface area contributed by atoms with Crippen LogP contribution in [0.3, 0.4) is 0 Å². The molecule has 2 rings (SSSR count). The molecule has 0 aliphatic carbocycles. The molecular formula is C12H14N4S. The van der Waals surface area contributed by atoms with Gasteiger partial charge in [0, 0.05) is 5.69 Å². The van der Waals surface area contributed by atoms with Crippen molar-refractivity contribution in [2.45, 2.75) is 20.8 Å². The van der Waals surface area contributed by atoms with Crippen molar-refractivity contribution in [2.75, 3.05) is 5.32 Å². The monoisotopic (exact) mass is 246 g/mol. The van der Waals surface area contributed by atoms with Gasteiger partial charge in [0.25, 0.3) is 0 Å². The van der Waals surface area contributed by atoms with E-state index in [-0.39, 0.29) is 0 Å². The number of hydrogen-bond acceptors (Lipinski definition) is 4. The quantitative estimate of drug-likeness (QED) is 0.799. The molecule has 0 bridgehead atoms. The lowest BCUT2D eigenvalue weighted by Crippen LogP contribution is -2.02. The number of benzene rings is 1. The molecule has 2 aromatic rings. The highest BCUT2D eigenvalue weighted by atomic mass is 32.1. The van der Waals surface area contributed by atoms with Gasteiger partial charge in [0.1, 0.15) is 5.69 Å². The Bertz CT molecular complexity index is 604. The van der Waals surface area contributed by atoms with Crippen molar-refractivity contribution in [3.63, 3.8) is 0 Å². The first-order chi connectivity index (χ1) is 8.08. The Hall–Kier alpha value is -1.75. The van der Waals surface area contributed by atoms with Crippen LogP contribution in [0.4, 0.5) is 11.5 Å². The van der Waals surface area contributed by atoms with E-state index < -0.39 is 0 Å². The summed E-state index contributed by atoms with van der Waals surface area (Å²) in [5, 5.41) is 10.0. The summed E-state index contributed by atoms with van der Waals surface area (Å²) in [7, 11) is 0. The molecule has 0 spiro atoms. The number of nitrogens with zero attached hydrogens (tertiary/aromatic N) is 2. The van der Waals surface area contributed by atoms with Crippen LogP contribution in [0.5, 0.6) is 0 Å². The van der Waals surface area contributed by atoms with Crippen molar-refractivity contribution in [2.24, 2.45) is 0 Å². The Balaban J connectivity index is 2.41. The van der Waals surface area contributed by atoms with Crippen LogP contribution < -0.4 is 5.32 Å². The van der Waals surface area contributed by atoms with Gasteiger partial charge in [0.15, 0.2) is 5.82 Å². The zero-order valence-corrected chi connectivity index (χ0v) is 10.9. The largest absolute Gasteiger partial charge is 0.338 e. The minimum Gasteiger partial charge on any atom is -0.338 e. The summed E-state index contributed by atoms with van der Waals surface area (Å²) in [4.78, 5) is 4.22. The van der Waals surface area contributed by atoms with E-state index in [1.807, 2.05) is 19.1 Å².